The molecule has 0 fully saturated rings. The Morgan fingerprint density at radius 3 is 2.42 bits per heavy atom. The predicted octanol–water partition coefficient (Wildman–Crippen LogP) is 6.12. The molecule has 0 spiro atoms. The van der Waals surface area contributed by atoms with Crippen LogP contribution in [0.15, 0.2) is 66.9 Å². The minimum Gasteiger partial charge on any atom is -0.339 e. The third-order valence-corrected chi connectivity index (χ3v) is 5.84. The van der Waals surface area contributed by atoms with Crippen LogP contribution in [0.3, 0.4) is 0 Å². The van der Waals surface area contributed by atoms with Crippen LogP contribution in [0.2, 0.25) is 5.02 Å². The third-order valence-electron chi connectivity index (χ3n) is 5.59. The Bertz CT molecular complexity index is 1440. The second-order valence-corrected chi connectivity index (χ2v) is 8.48. The number of nitrogens with one attached hydrogen (secondary N) is 1. The summed E-state index contributed by atoms with van der Waals surface area (Å²) in [6, 6.07) is 20.0. The van der Waals surface area contributed by atoms with E-state index in [4.69, 9.17) is 26.7 Å². The van der Waals surface area contributed by atoms with Gasteiger partial charge in [-0.15, -0.1) is 0 Å². The average Bonchev–Trinajstić information content (AvgIpc) is 3.14. The van der Waals surface area contributed by atoms with Crippen LogP contribution in [0.1, 0.15) is 28.3 Å². The van der Waals surface area contributed by atoms with E-state index in [2.05, 4.69) is 16.4 Å². The first-order chi connectivity index (χ1) is 16.0. The zero-order chi connectivity index (χ0) is 22.9. The SMILES string of the molecule is Cc1nc(C)c(Cc2ccc(Cl)cc2)c(Nc2cnc3c(c2)c(C)nn3-c2ccccc2)n1. The molecule has 1 N–H and O–H groups in total. The molecule has 0 aliphatic carbocycles. The van der Waals surface area contributed by atoms with E-state index in [-0.39, 0.29) is 0 Å². The van der Waals surface area contributed by atoms with Gasteiger partial charge in [0.2, 0.25) is 0 Å². The number of hydrogen-bond donors (Lipinski definition) is 1. The first-order valence-corrected chi connectivity index (χ1v) is 11.1. The molecule has 164 valence electrons. The van der Waals surface area contributed by atoms with Gasteiger partial charge in [0.05, 0.1) is 23.3 Å². The minimum absolute atomic E-state index is 0.701. The molecule has 0 saturated carbocycles. The summed E-state index contributed by atoms with van der Waals surface area (Å²) in [5.74, 6) is 1.50. The van der Waals surface area contributed by atoms with E-state index in [1.54, 1.807) is 0 Å². The van der Waals surface area contributed by atoms with Crippen LogP contribution in [-0.2, 0) is 6.42 Å². The molecule has 0 radical (unpaired) electrons. The van der Waals surface area contributed by atoms with Crippen LogP contribution in [0.4, 0.5) is 11.5 Å². The topological polar surface area (TPSA) is 68.5 Å². The van der Waals surface area contributed by atoms with E-state index in [1.807, 2.05) is 86.2 Å². The van der Waals surface area contributed by atoms with Crippen molar-refractivity contribution in [2.45, 2.75) is 27.2 Å². The highest BCUT2D eigenvalue weighted by Gasteiger charge is 2.15. The van der Waals surface area contributed by atoms with Gasteiger partial charge >= 0.3 is 0 Å². The van der Waals surface area contributed by atoms with Crippen LogP contribution in [0.25, 0.3) is 16.7 Å². The zero-order valence-corrected chi connectivity index (χ0v) is 19.4. The first-order valence-electron chi connectivity index (χ1n) is 10.7. The Morgan fingerprint density at radius 2 is 1.67 bits per heavy atom. The van der Waals surface area contributed by atoms with Gasteiger partial charge in [-0.2, -0.15) is 5.10 Å². The summed E-state index contributed by atoms with van der Waals surface area (Å²) in [5, 5.41) is 9.90. The number of halogens is 1. The fourth-order valence-electron chi connectivity index (χ4n) is 3.96. The Morgan fingerprint density at radius 1 is 0.909 bits per heavy atom. The number of aryl methyl sites for hydroxylation is 3. The molecule has 0 atom stereocenters. The van der Waals surface area contributed by atoms with Crippen molar-refractivity contribution >= 4 is 34.1 Å². The summed E-state index contributed by atoms with van der Waals surface area (Å²) < 4.78 is 1.87. The van der Waals surface area contributed by atoms with Gasteiger partial charge in [0.25, 0.3) is 0 Å². The number of anilines is 2. The molecule has 2 aromatic carbocycles. The maximum absolute atomic E-state index is 6.06. The fourth-order valence-corrected chi connectivity index (χ4v) is 4.08. The molecule has 33 heavy (non-hydrogen) atoms. The number of para-hydroxylation sites is 1. The zero-order valence-electron chi connectivity index (χ0n) is 18.7. The van der Waals surface area contributed by atoms with Crippen molar-refractivity contribution in [3.05, 3.63) is 100 Å². The molecular formula is C26H23ClN6. The molecule has 0 unspecified atom stereocenters. The standard InChI is InChI=1S/C26H23ClN6/c1-16-23(13-19-9-11-20(27)12-10-19)25(30-18(3)29-16)31-21-14-24-17(2)32-33(26(24)28-15-21)22-7-5-4-6-8-22/h4-12,14-15H,13H2,1-3H3,(H,29,30,31). The molecule has 7 heteroatoms. The first kappa shape index (κ1) is 21.1. The lowest BCUT2D eigenvalue weighted by atomic mass is 10.0. The molecular weight excluding hydrogens is 432 g/mol. The quantitative estimate of drug-likeness (QED) is 0.346. The molecule has 0 saturated heterocycles. The molecule has 0 amide bonds. The lowest BCUT2D eigenvalue weighted by molar-refractivity contribution is 0.878. The van der Waals surface area contributed by atoms with Gasteiger partial charge in [-0.3, -0.25) is 0 Å². The number of fused-ring (bicyclic) bond motifs is 1. The smallest absolute Gasteiger partial charge is 0.163 e. The summed E-state index contributed by atoms with van der Waals surface area (Å²) in [7, 11) is 0. The molecule has 0 aliphatic heterocycles. The Balaban J connectivity index is 1.52. The monoisotopic (exact) mass is 454 g/mol. The second kappa shape index (κ2) is 8.64. The summed E-state index contributed by atoms with van der Waals surface area (Å²) >= 11 is 6.06. The Labute approximate surface area is 197 Å². The summed E-state index contributed by atoms with van der Waals surface area (Å²) in [6.07, 6.45) is 2.52. The molecule has 3 heterocycles. The van der Waals surface area contributed by atoms with Gasteiger partial charge in [0.1, 0.15) is 11.6 Å². The van der Waals surface area contributed by atoms with E-state index < -0.39 is 0 Å². The molecule has 5 rings (SSSR count). The number of rotatable bonds is 5. The number of pyridine rings is 1. The van der Waals surface area contributed by atoms with E-state index in [1.165, 1.54) is 0 Å². The largest absolute Gasteiger partial charge is 0.339 e. The molecule has 3 aromatic heterocycles. The van der Waals surface area contributed by atoms with Gasteiger partial charge in [0.15, 0.2) is 5.65 Å². The lowest BCUT2D eigenvalue weighted by Gasteiger charge is -2.14. The van der Waals surface area contributed by atoms with Crippen LogP contribution in [-0.4, -0.2) is 24.7 Å². The number of nitrogens with zero attached hydrogens (tertiary/aromatic N) is 5. The predicted molar refractivity (Wildman–Crippen MR) is 133 cm³/mol. The molecule has 0 bridgehead atoms. The highest BCUT2D eigenvalue weighted by atomic mass is 35.5. The van der Waals surface area contributed by atoms with Gasteiger partial charge < -0.3 is 5.32 Å². The average molecular weight is 455 g/mol. The van der Waals surface area contributed by atoms with Crippen LogP contribution >= 0.6 is 11.6 Å². The number of hydrogen-bond acceptors (Lipinski definition) is 5. The molecule has 6 nitrogen and oxygen atoms in total. The molecule has 5 aromatic rings. The van der Waals surface area contributed by atoms with Crippen molar-refractivity contribution in [2.75, 3.05) is 5.32 Å². The van der Waals surface area contributed by atoms with Crippen molar-refractivity contribution in [2.24, 2.45) is 0 Å². The highest BCUT2D eigenvalue weighted by molar-refractivity contribution is 6.30. The fraction of sp³-hybridized carbons (Fsp3) is 0.154. The highest BCUT2D eigenvalue weighted by Crippen LogP contribution is 2.27. The van der Waals surface area contributed by atoms with E-state index in [9.17, 15) is 0 Å². The van der Waals surface area contributed by atoms with Crippen molar-refractivity contribution < 1.29 is 0 Å². The van der Waals surface area contributed by atoms with Crippen molar-refractivity contribution in [1.82, 2.24) is 24.7 Å². The van der Waals surface area contributed by atoms with Crippen molar-refractivity contribution in [3.8, 4) is 5.69 Å². The minimum atomic E-state index is 0.701. The van der Waals surface area contributed by atoms with E-state index >= 15 is 0 Å². The van der Waals surface area contributed by atoms with Gasteiger partial charge in [-0.1, -0.05) is 41.9 Å². The number of benzene rings is 2. The maximum Gasteiger partial charge on any atom is 0.163 e. The van der Waals surface area contributed by atoms with Crippen LogP contribution < -0.4 is 5.32 Å². The third kappa shape index (κ3) is 4.30. The van der Waals surface area contributed by atoms with Crippen molar-refractivity contribution in [1.29, 1.82) is 0 Å². The summed E-state index contributed by atoms with van der Waals surface area (Å²) in [4.78, 5) is 14.0. The van der Waals surface area contributed by atoms with Crippen LogP contribution in [0.5, 0.6) is 0 Å². The van der Waals surface area contributed by atoms with Gasteiger partial charge in [0, 0.05) is 28.1 Å². The van der Waals surface area contributed by atoms with Crippen molar-refractivity contribution in [3.63, 3.8) is 0 Å². The van der Waals surface area contributed by atoms with E-state index in [0.29, 0.717) is 6.42 Å². The summed E-state index contributed by atoms with van der Waals surface area (Å²) in [5.41, 5.74) is 6.71. The normalized spacial score (nSPS) is 11.2. The summed E-state index contributed by atoms with van der Waals surface area (Å²) in [6.45, 7) is 5.92. The maximum atomic E-state index is 6.06. The van der Waals surface area contributed by atoms with Gasteiger partial charge in [-0.25, -0.2) is 19.6 Å². The Hall–Kier alpha value is -3.77. The van der Waals surface area contributed by atoms with E-state index in [0.717, 1.165) is 61.6 Å². The lowest BCUT2D eigenvalue weighted by Crippen LogP contribution is -2.07. The molecule has 0 aliphatic rings. The Kier molecular flexibility index (Phi) is 5.52. The van der Waals surface area contributed by atoms with Crippen LogP contribution in [0, 0.1) is 20.8 Å². The number of aromatic nitrogens is 5. The van der Waals surface area contributed by atoms with Gasteiger partial charge in [-0.05, 0) is 56.7 Å². The second-order valence-electron chi connectivity index (χ2n) is 8.04.